The van der Waals surface area contributed by atoms with Gasteiger partial charge in [0.2, 0.25) is 0 Å². The number of carbonyl (C=O) groups is 1. The van der Waals surface area contributed by atoms with Gasteiger partial charge in [0, 0.05) is 0 Å². The Labute approximate surface area is 115 Å². The van der Waals surface area contributed by atoms with Crippen LogP contribution < -0.4 is 10.3 Å². The molecule has 6 heteroatoms. The molecule has 0 amide bonds. The van der Waals surface area contributed by atoms with Crippen LogP contribution in [0.15, 0.2) is 16.9 Å². The van der Waals surface area contributed by atoms with Crippen LogP contribution in [-0.2, 0) is 4.74 Å². The average molecular weight is 277 g/mol. The summed E-state index contributed by atoms with van der Waals surface area (Å²) in [6.07, 6.45) is 0. The number of ether oxygens (including phenoxy) is 2. The van der Waals surface area contributed by atoms with E-state index in [-0.39, 0.29) is 12.0 Å². The molecule has 0 saturated carbocycles. The summed E-state index contributed by atoms with van der Waals surface area (Å²) in [6.45, 7) is 3.53. The highest BCUT2D eigenvalue weighted by molar-refractivity contribution is 6.01. The van der Waals surface area contributed by atoms with Crippen molar-refractivity contribution in [3.63, 3.8) is 0 Å². The molecule has 20 heavy (non-hydrogen) atoms. The minimum Gasteiger partial charge on any atom is -0.506 e. The summed E-state index contributed by atoms with van der Waals surface area (Å²) in [4.78, 5) is 26.2. The fourth-order valence-corrected chi connectivity index (χ4v) is 2.10. The zero-order chi connectivity index (χ0) is 14.9. The molecule has 6 nitrogen and oxygen atoms in total. The van der Waals surface area contributed by atoms with Gasteiger partial charge < -0.3 is 19.6 Å². The van der Waals surface area contributed by atoms with E-state index in [9.17, 15) is 14.7 Å². The van der Waals surface area contributed by atoms with E-state index in [0.29, 0.717) is 11.3 Å². The first-order valence-corrected chi connectivity index (χ1v) is 6.10. The second kappa shape index (κ2) is 5.24. The molecule has 0 saturated heterocycles. The van der Waals surface area contributed by atoms with E-state index in [1.165, 1.54) is 7.11 Å². The van der Waals surface area contributed by atoms with Crippen LogP contribution in [0.25, 0.3) is 10.9 Å². The molecule has 0 fully saturated rings. The number of rotatable bonds is 3. The smallest absolute Gasteiger partial charge is 0.347 e. The Morgan fingerprint density at radius 1 is 1.40 bits per heavy atom. The van der Waals surface area contributed by atoms with E-state index < -0.39 is 22.8 Å². The van der Waals surface area contributed by atoms with E-state index in [2.05, 4.69) is 4.98 Å². The lowest BCUT2D eigenvalue weighted by Gasteiger charge is -2.12. The van der Waals surface area contributed by atoms with Gasteiger partial charge in [0.15, 0.2) is 5.56 Å². The van der Waals surface area contributed by atoms with Gasteiger partial charge in [-0.05, 0) is 25.5 Å². The number of carbonyl (C=O) groups excluding carboxylic acids is 1. The third-order valence-corrected chi connectivity index (χ3v) is 2.99. The van der Waals surface area contributed by atoms with Crippen molar-refractivity contribution in [2.24, 2.45) is 0 Å². The monoisotopic (exact) mass is 277 g/mol. The topological polar surface area (TPSA) is 88.6 Å². The van der Waals surface area contributed by atoms with Gasteiger partial charge in [-0.3, -0.25) is 4.79 Å². The summed E-state index contributed by atoms with van der Waals surface area (Å²) >= 11 is 0. The number of aryl methyl sites for hydroxylation is 1. The lowest BCUT2D eigenvalue weighted by Crippen LogP contribution is -2.20. The first-order valence-electron chi connectivity index (χ1n) is 6.10. The highest BCUT2D eigenvalue weighted by Gasteiger charge is 2.22. The molecule has 106 valence electrons. The fourth-order valence-electron chi connectivity index (χ4n) is 2.10. The Kier molecular flexibility index (Phi) is 3.65. The Hall–Kier alpha value is -2.50. The van der Waals surface area contributed by atoms with Crippen molar-refractivity contribution in [1.29, 1.82) is 0 Å². The molecule has 1 aromatic carbocycles. The van der Waals surface area contributed by atoms with Crippen LogP contribution in [0.2, 0.25) is 0 Å². The normalized spacial score (nSPS) is 10.6. The van der Waals surface area contributed by atoms with Crippen LogP contribution in [0.5, 0.6) is 11.5 Å². The van der Waals surface area contributed by atoms with Crippen LogP contribution in [0.3, 0.4) is 0 Å². The average Bonchev–Trinajstić information content (AvgIpc) is 2.39. The highest BCUT2D eigenvalue weighted by Crippen LogP contribution is 2.35. The molecule has 1 heterocycles. The number of H-pyrrole nitrogens is 1. The summed E-state index contributed by atoms with van der Waals surface area (Å²) in [5, 5.41) is 10.6. The zero-order valence-corrected chi connectivity index (χ0v) is 11.4. The first kappa shape index (κ1) is 13.9. The van der Waals surface area contributed by atoms with Crippen LogP contribution in [-0.4, -0.2) is 29.8 Å². The number of esters is 1. The number of aromatic amines is 1. The largest absolute Gasteiger partial charge is 0.506 e. The molecule has 0 aliphatic rings. The molecule has 0 atom stereocenters. The highest BCUT2D eigenvalue weighted by atomic mass is 16.5. The van der Waals surface area contributed by atoms with E-state index in [1.807, 2.05) is 0 Å². The van der Waals surface area contributed by atoms with Gasteiger partial charge in [-0.25, -0.2) is 4.79 Å². The number of aromatic hydroxyl groups is 1. The predicted octanol–water partition coefficient (Wildman–Crippen LogP) is 1.73. The van der Waals surface area contributed by atoms with Crippen molar-refractivity contribution in [3.05, 3.63) is 33.6 Å². The predicted molar refractivity (Wildman–Crippen MR) is 73.5 cm³/mol. The van der Waals surface area contributed by atoms with Gasteiger partial charge in [-0.2, -0.15) is 0 Å². The van der Waals surface area contributed by atoms with Gasteiger partial charge in [-0.1, -0.05) is 6.07 Å². The Morgan fingerprint density at radius 2 is 2.10 bits per heavy atom. The molecule has 0 spiro atoms. The van der Waals surface area contributed by atoms with Gasteiger partial charge in [0.25, 0.3) is 5.56 Å². The third kappa shape index (κ3) is 2.09. The van der Waals surface area contributed by atoms with Crippen molar-refractivity contribution in [3.8, 4) is 11.5 Å². The molecular weight excluding hydrogens is 262 g/mol. The van der Waals surface area contributed by atoms with E-state index in [1.54, 1.807) is 26.0 Å². The van der Waals surface area contributed by atoms with Gasteiger partial charge in [0.05, 0.1) is 24.6 Å². The van der Waals surface area contributed by atoms with Gasteiger partial charge >= 0.3 is 5.97 Å². The molecule has 0 unspecified atom stereocenters. The minimum absolute atomic E-state index is 0.112. The van der Waals surface area contributed by atoms with Crippen molar-refractivity contribution < 1.29 is 19.4 Å². The number of aromatic nitrogens is 1. The molecule has 1 aromatic heterocycles. The SMILES string of the molecule is CCOC(=O)c1c(O)c2c(OC)c(C)ccc2[nH]c1=O. The van der Waals surface area contributed by atoms with Gasteiger partial charge in [0.1, 0.15) is 11.5 Å². The molecule has 0 bridgehead atoms. The number of benzene rings is 1. The number of hydrogen-bond donors (Lipinski definition) is 2. The summed E-state index contributed by atoms with van der Waals surface area (Å²) in [5.41, 5.74) is 0.0581. The van der Waals surface area contributed by atoms with Crippen LogP contribution in [0.1, 0.15) is 22.8 Å². The lowest BCUT2D eigenvalue weighted by molar-refractivity contribution is 0.0521. The summed E-state index contributed by atoms with van der Waals surface area (Å²) in [5.74, 6) is -0.888. The molecule has 0 aliphatic heterocycles. The summed E-state index contributed by atoms with van der Waals surface area (Å²) < 4.78 is 10.0. The van der Waals surface area contributed by atoms with Crippen molar-refractivity contribution in [2.45, 2.75) is 13.8 Å². The minimum atomic E-state index is -0.864. The Bertz CT molecular complexity index is 732. The van der Waals surface area contributed by atoms with Crippen LogP contribution >= 0.6 is 0 Å². The number of nitrogens with one attached hydrogen (secondary N) is 1. The quantitative estimate of drug-likeness (QED) is 0.834. The molecular formula is C14H15NO5. The third-order valence-electron chi connectivity index (χ3n) is 2.99. The molecule has 0 aliphatic carbocycles. The van der Waals surface area contributed by atoms with E-state index >= 15 is 0 Å². The van der Waals surface area contributed by atoms with Crippen LogP contribution in [0, 0.1) is 6.92 Å². The fraction of sp³-hybridized carbons (Fsp3) is 0.286. The van der Waals surface area contributed by atoms with Crippen molar-refractivity contribution in [1.82, 2.24) is 4.98 Å². The molecule has 2 N–H and O–H groups in total. The van der Waals surface area contributed by atoms with Gasteiger partial charge in [-0.15, -0.1) is 0 Å². The number of methoxy groups -OCH3 is 1. The van der Waals surface area contributed by atoms with Crippen molar-refractivity contribution in [2.75, 3.05) is 13.7 Å². The Balaban J connectivity index is 2.85. The standard InChI is InChI=1S/C14H15NO5/c1-4-20-14(18)10-11(16)9-8(15-13(10)17)6-5-7(2)12(9)19-3/h5-6H,4H2,1-3H3,(H2,15,16,17). The van der Waals surface area contributed by atoms with E-state index in [0.717, 1.165) is 5.56 Å². The van der Waals surface area contributed by atoms with Crippen LogP contribution in [0.4, 0.5) is 0 Å². The maximum Gasteiger partial charge on any atom is 0.347 e. The summed E-state index contributed by atoms with van der Waals surface area (Å²) in [7, 11) is 1.45. The molecule has 2 aromatic rings. The molecule has 2 rings (SSSR count). The Morgan fingerprint density at radius 3 is 2.70 bits per heavy atom. The molecule has 0 radical (unpaired) electrons. The summed E-state index contributed by atoms with van der Waals surface area (Å²) in [6, 6.07) is 3.39. The second-order valence-corrected chi connectivity index (χ2v) is 4.24. The number of pyridine rings is 1. The maximum absolute atomic E-state index is 11.9. The number of hydrogen-bond acceptors (Lipinski definition) is 5. The second-order valence-electron chi connectivity index (χ2n) is 4.24. The number of fused-ring (bicyclic) bond motifs is 1. The lowest BCUT2D eigenvalue weighted by atomic mass is 10.1. The zero-order valence-electron chi connectivity index (χ0n) is 11.4. The first-order chi connectivity index (χ1) is 9.51. The van der Waals surface area contributed by atoms with E-state index in [4.69, 9.17) is 9.47 Å². The van der Waals surface area contributed by atoms with Crippen molar-refractivity contribution >= 4 is 16.9 Å². The maximum atomic E-state index is 11.9.